The van der Waals surface area contributed by atoms with E-state index in [2.05, 4.69) is 51.6 Å². The second-order valence-electron chi connectivity index (χ2n) is 16.7. The van der Waals surface area contributed by atoms with Crippen LogP contribution in [0.1, 0.15) is 46.3 Å². The maximum Gasteiger partial charge on any atom is 0.355 e. The van der Waals surface area contributed by atoms with Crippen molar-refractivity contribution in [2.75, 3.05) is 91.2 Å². The summed E-state index contributed by atoms with van der Waals surface area (Å²) in [6.07, 6.45) is 1.22. The molecule has 2 aliphatic heterocycles. The Kier molecular flexibility index (Phi) is 14.4. The van der Waals surface area contributed by atoms with Crippen LogP contribution in [0, 0.1) is 6.92 Å². The Labute approximate surface area is 381 Å². The fraction of sp³-hybridized carbons (Fsp3) is 0.429. The van der Waals surface area contributed by atoms with Crippen LogP contribution in [0.15, 0.2) is 78.9 Å². The Bertz CT molecular complexity index is 2710. The minimum atomic E-state index is -3.46. The molecule has 16 heteroatoms. The zero-order valence-corrected chi connectivity index (χ0v) is 39.0. The number of ether oxygens (including phenoxy) is 4. The van der Waals surface area contributed by atoms with Crippen molar-refractivity contribution >= 4 is 43.5 Å². The summed E-state index contributed by atoms with van der Waals surface area (Å²) in [5.41, 5.74) is 7.20. The van der Waals surface area contributed by atoms with Crippen LogP contribution in [0.25, 0.3) is 32.8 Å². The summed E-state index contributed by atoms with van der Waals surface area (Å²) in [6.45, 7) is 10.5. The van der Waals surface area contributed by atoms with E-state index in [1.54, 1.807) is 18.8 Å². The van der Waals surface area contributed by atoms with Crippen molar-refractivity contribution < 1.29 is 37.3 Å². The number of anilines is 1. The van der Waals surface area contributed by atoms with Gasteiger partial charge in [-0.15, -0.1) is 0 Å². The largest absolute Gasteiger partial charge is 0.493 e. The van der Waals surface area contributed by atoms with Crippen molar-refractivity contribution in [1.82, 2.24) is 27.9 Å². The average molecular weight is 908 g/mol. The first-order chi connectivity index (χ1) is 31.5. The van der Waals surface area contributed by atoms with Gasteiger partial charge in [0, 0.05) is 101 Å². The highest BCUT2D eigenvalue weighted by molar-refractivity contribution is 7.86. The van der Waals surface area contributed by atoms with Gasteiger partial charge < -0.3 is 33.5 Å². The first-order valence-electron chi connectivity index (χ1n) is 22.5. The summed E-state index contributed by atoms with van der Waals surface area (Å²) in [4.78, 5) is 18.8. The molecule has 0 unspecified atom stereocenters. The highest BCUT2D eigenvalue weighted by Crippen LogP contribution is 2.41. The lowest BCUT2D eigenvalue weighted by molar-refractivity contribution is 0.0359. The van der Waals surface area contributed by atoms with Crippen molar-refractivity contribution in [1.29, 1.82) is 0 Å². The molecule has 2 saturated heterocycles. The number of carbonyl (C=O) groups excluding carboxylic acids is 1. The van der Waals surface area contributed by atoms with Crippen LogP contribution in [-0.2, 0) is 52.9 Å². The van der Waals surface area contributed by atoms with E-state index in [0.29, 0.717) is 94.8 Å². The van der Waals surface area contributed by atoms with E-state index in [4.69, 9.17) is 24.0 Å². The number of hydrogen-bond acceptors (Lipinski definition) is 11. The van der Waals surface area contributed by atoms with E-state index < -0.39 is 10.2 Å². The SMILES string of the molecule is CCOC(=O)c1c(CCCOc2cccc3ccccc23)c2ccc(C)c(-c3c(COc4ccc(N5CCN(S(=O)(=O)N(C)C)CC5)cc4)nn(C)c3CO)c2n1CCN1CCOCC1. The molecule has 1 N–H and O–H groups in total. The maximum atomic E-state index is 14.3. The topological polar surface area (TPSA) is 144 Å². The number of nitrogens with zero attached hydrogens (tertiary/aromatic N) is 7. The molecular weight excluding hydrogens is 847 g/mol. The van der Waals surface area contributed by atoms with Gasteiger partial charge in [-0.25, -0.2) is 4.79 Å². The van der Waals surface area contributed by atoms with Crippen molar-refractivity contribution in [2.45, 2.75) is 46.4 Å². The minimum absolute atomic E-state index is 0.122. The van der Waals surface area contributed by atoms with E-state index in [1.165, 1.54) is 8.61 Å². The van der Waals surface area contributed by atoms with Gasteiger partial charge >= 0.3 is 5.97 Å². The molecular formula is C49H61N7O8S. The fourth-order valence-corrected chi connectivity index (χ4v) is 10.3. The highest BCUT2D eigenvalue weighted by atomic mass is 32.2. The molecule has 0 aliphatic carbocycles. The highest BCUT2D eigenvalue weighted by Gasteiger charge is 2.31. The van der Waals surface area contributed by atoms with E-state index in [0.717, 1.165) is 68.5 Å². The van der Waals surface area contributed by atoms with E-state index in [1.807, 2.05) is 62.5 Å². The predicted molar refractivity (Wildman–Crippen MR) is 253 cm³/mol. The third-order valence-electron chi connectivity index (χ3n) is 12.6. The molecule has 0 bridgehead atoms. The average Bonchev–Trinajstić information content (AvgIpc) is 3.81. The molecule has 65 heavy (non-hydrogen) atoms. The lowest BCUT2D eigenvalue weighted by Gasteiger charge is -2.36. The maximum absolute atomic E-state index is 14.3. The molecule has 8 rings (SSSR count). The zero-order valence-electron chi connectivity index (χ0n) is 38.2. The van der Waals surface area contributed by atoms with Gasteiger partial charge in [0.1, 0.15) is 29.5 Å². The molecule has 4 heterocycles. The summed E-state index contributed by atoms with van der Waals surface area (Å²) in [7, 11) is 1.47. The summed E-state index contributed by atoms with van der Waals surface area (Å²) in [5, 5.41) is 19.0. The first kappa shape index (κ1) is 46.1. The number of esters is 1. The second kappa shape index (κ2) is 20.4. The predicted octanol–water partition coefficient (Wildman–Crippen LogP) is 6.02. The molecule has 6 aromatic rings. The number of benzene rings is 4. The molecule has 346 valence electrons. The summed E-state index contributed by atoms with van der Waals surface area (Å²) < 4.78 is 56.3. The molecule has 0 atom stereocenters. The number of rotatable bonds is 18. The molecule has 15 nitrogen and oxygen atoms in total. The monoisotopic (exact) mass is 907 g/mol. The van der Waals surface area contributed by atoms with Gasteiger partial charge in [0.15, 0.2) is 0 Å². The summed E-state index contributed by atoms with van der Waals surface area (Å²) >= 11 is 0. The lowest BCUT2D eigenvalue weighted by Crippen LogP contribution is -2.51. The van der Waals surface area contributed by atoms with Gasteiger partial charge in [-0.2, -0.15) is 22.1 Å². The van der Waals surface area contributed by atoms with Crippen molar-refractivity contribution in [3.8, 4) is 22.6 Å². The minimum Gasteiger partial charge on any atom is -0.493 e. The molecule has 2 fully saturated rings. The molecule has 4 aromatic carbocycles. The fourth-order valence-electron chi connectivity index (χ4n) is 9.17. The zero-order chi connectivity index (χ0) is 45.7. The standard InChI is InChI=1S/C49H61N7O8S/c1-6-62-49(58)48-40(14-10-30-63-44-15-9-12-36-11-7-8-13-39(36)44)41-21-16-35(2)45(47(41)56(48)27-22-53-28-31-61-32-29-53)46-42(50-52(5)43(46)33-57)34-64-38-19-17-37(18-20-38)54-23-25-55(26-24-54)65(59,60)51(3)4/h7-9,11-13,15-21,57H,6,10,14,22-34H2,1-5H3. The van der Waals surface area contributed by atoms with Crippen LogP contribution in [0.2, 0.25) is 0 Å². The third kappa shape index (κ3) is 9.74. The van der Waals surface area contributed by atoms with Crippen molar-refractivity contribution in [2.24, 2.45) is 7.05 Å². The Balaban J connectivity index is 1.12. The van der Waals surface area contributed by atoms with Gasteiger partial charge in [-0.3, -0.25) is 9.58 Å². The number of fused-ring (bicyclic) bond motifs is 2. The first-order valence-corrected chi connectivity index (χ1v) is 23.9. The van der Waals surface area contributed by atoms with Crippen LogP contribution < -0.4 is 14.4 Å². The van der Waals surface area contributed by atoms with Crippen LogP contribution in [0.5, 0.6) is 11.5 Å². The Morgan fingerprint density at radius 2 is 1.60 bits per heavy atom. The van der Waals surface area contributed by atoms with Gasteiger partial charge in [0.05, 0.1) is 44.2 Å². The third-order valence-corrected chi connectivity index (χ3v) is 14.5. The van der Waals surface area contributed by atoms with Crippen LogP contribution >= 0.6 is 0 Å². The number of aryl methyl sites for hydroxylation is 3. The number of carbonyl (C=O) groups is 1. The Morgan fingerprint density at radius 3 is 2.32 bits per heavy atom. The van der Waals surface area contributed by atoms with E-state index in [-0.39, 0.29) is 25.8 Å². The number of piperazine rings is 1. The Morgan fingerprint density at radius 1 is 0.862 bits per heavy atom. The number of aromatic nitrogens is 3. The Hall–Kier alpha value is -5.49. The van der Waals surface area contributed by atoms with E-state index in [9.17, 15) is 18.3 Å². The van der Waals surface area contributed by atoms with Gasteiger partial charge in [-0.1, -0.05) is 48.5 Å². The summed E-state index contributed by atoms with van der Waals surface area (Å²) in [5.74, 6) is 1.10. The molecule has 0 spiro atoms. The quantitative estimate of drug-likeness (QED) is 0.0799. The molecule has 2 aliphatic rings. The smallest absolute Gasteiger partial charge is 0.355 e. The molecule has 0 saturated carbocycles. The van der Waals surface area contributed by atoms with Crippen molar-refractivity contribution in [3.63, 3.8) is 0 Å². The molecule has 0 amide bonds. The molecule has 0 radical (unpaired) electrons. The van der Waals surface area contributed by atoms with Crippen LogP contribution in [0.3, 0.4) is 0 Å². The molecule has 2 aromatic heterocycles. The number of morpholine rings is 1. The van der Waals surface area contributed by atoms with E-state index >= 15 is 0 Å². The normalized spacial score (nSPS) is 15.3. The lowest BCUT2D eigenvalue weighted by atomic mass is 9.94. The number of hydrogen-bond donors (Lipinski definition) is 1. The van der Waals surface area contributed by atoms with Crippen LogP contribution in [-0.4, -0.2) is 134 Å². The summed E-state index contributed by atoms with van der Waals surface area (Å²) in [6, 6.07) is 26.3. The van der Waals surface area contributed by atoms with Gasteiger partial charge in [0.25, 0.3) is 10.2 Å². The van der Waals surface area contributed by atoms with Crippen LogP contribution in [0.4, 0.5) is 5.69 Å². The van der Waals surface area contributed by atoms with Gasteiger partial charge in [0.2, 0.25) is 0 Å². The number of aliphatic hydroxyl groups excluding tert-OH is 1. The number of aliphatic hydroxyl groups is 1. The second-order valence-corrected chi connectivity index (χ2v) is 18.9. The van der Waals surface area contributed by atoms with Crippen molar-refractivity contribution in [3.05, 3.63) is 107 Å². The van der Waals surface area contributed by atoms with Gasteiger partial charge in [-0.05, 0) is 73.5 Å².